The maximum atomic E-state index is 12.6. The Kier molecular flexibility index (Phi) is 4.57. The SMILES string of the molecule is CCc1ncsc1CS(=O)c1nc(C(F)(F)F)cc(=O)[nH]1. The molecule has 0 aliphatic heterocycles. The number of hydrogen-bond acceptors (Lipinski definition) is 5. The first-order chi connectivity index (χ1) is 9.81. The summed E-state index contributed by atoms with van der Waals surface area (Å²) >= 11 is 1.26. The predicted octanol–water partition coefficient (Wildman–Crippen LogP) is 2.12. The van der Waals surface area contributed by atoms with Crippen LogP contribution in [0.1, 0.15) is 23.2 Å². The summed E-state index contributed by atoms with van der Waals surface area (Å²) in [5, 5.41) is -0.481. The molecule has 0 saturated heterocycles. The molecule has 10 heteroatoms. The lowest BCUT2D eigenvalue weighted by atomic mass is 10.3. The lowest BCUT2D eigenvalue weighted by Gasteiger charge is -2.07. The van der Waals surface area contributed by atoms with Crippen molar-refractivity contribution >= 4 is 22.1 Å². The Morgan fingerprint density at radius 1 is 1.43 bits per heavy atom. The molecule has 114 valence electrons. The van der Waals surface area contributed by atoms with Gasteiger partial charge < -0.3 is 0 Å². The molecule has 2 heterocycles. The number of aryl methyl sites for hydroxylation is 1. The molecule has 1 unspecified atom stereocenters. The van der Waals surface area contributed by atoms with Crippen LogP contribution in [0.5, 0.6) is 0 Å². The molecular formula is C11H10F3N3O2S2. The third-order valence-corrected chi connectivity index (χ3v) is 4.78. The summed E-state index contributed by atoms with van der Waals surface area (Å²) in [5.74, 6) is -0.0297. The molecule has 1 N–H and O–H groups in total. The Hall–Kier alpha value is -1.55. The quantitative estimate of drug-likeness (QED) is 0.867. The Labute approximate surface area is 123 Å². The lowest BCUT2D eigenvalue weighted by molar-refractivity contribution is -0.141. The average Bonchev–Trinajstić information content (AvgIpc) is 2.84. The Morgan fingerprint density at radius 3 is 2.76 bits per heavy atom. The van der Waals surface area contributed by atoms with E-state index in [-0.39, 0.29) is 5.75 Å². The minimum absolute atomic E-state index is 0.0297. The van der Waals surface area contributed by atoms with Crippen molar-refractivity contribution < 1.29 is 17.4 Å². The van der Waals surface area contributed by atoms with Crippen molar-refractivity contribution in [2.24, 2.45) is 0 Å². The van der Waals surface area contributed by atoms with Crippen LogP contribution in [0.25, 0.3) is 0 Å². The molecule has 0 aliphatic rings. The van der Waals surface area contributed by atoms with Gasteiger partial charge >= 0.3 is 6.18 Å². The van der Waals surface area contributed by atoms with E-state index in [4.69, 9.17) is 0 Å². The van der Waals surface area contributed by atoms with Crippen molar-refractivity contribution in [2.45, 2.75) is 30.4 Å². The van der Waals surface area contributed by atoms with Crippen LogP contribution in [0.15, 0.2) is 21.5 Å². The third kappa shape index (κ3) is 3.76. The average molecular weight is 337 g/mol. The maximum Gasteiger partial charge on any atom is 0.433 e. The number of nitrogens with zero attached hydrogens (tertiary/aromatic N) is 2. The Bertz CT molecular complexity index is 724. The number of nitrogens with one attached hydrogen (secondary N) is 1. The molecule has 21 heavy (non-hydrogen) atoms. The first-order valence-corrected chi connectivity index (χ1v) is 7.99. The number of halogens is 3. The van der Waals surface area contributed by atoms with Gasteiger partial charge in [-0.15, -0.1) is 11.3 Å². The fraction of sp³-hybridized carbons (Fsp3) is 0.364. The molecule has 1 atom stereocenters. The predicted molar refractivity (Wildman–Crippen MR) is 71.5 cm³/mol. The zero-order chi connectivity index (χ0) is 15.6. The van der Waals surface area contributed by atoms with Crippen LogP contribution in [0, 0.1) is 0 Å². The van der Waals surface area contributed by atoms with Gasteiger partial charge in [-0.25, -0.2) is 9.97 Å². The summed E-state index contributed by atoms with van der Waals surface area (Å²) in [6.45, 7) is 1.87. The zero-order valence-corrected chi connectivity index (χ0v) is 12.4. The number of aromatic nitrogens is 3. The number of thiazole rings is 1. The van der Waals surface area contributed by atoms with E-state index in [1.54, 1.807) is 5.51 Å². The van der Waals surface area contributed by atoms with E-state index in [1.807, 2.05) is 6.92 Å². The molecule has 0 aliphatic carbocycles. The van der Waals surface area contributed by atoms with Crippen LogP contribution >= 0.6 is 11.3 Å². The minimum Gasteiger partial charge on any atom is -0.299 e. The second-order valence-electron chi connectivity index (χ2n) is 4.00. The van der Waals surface area contributed by atoms with E-state index in [9.17, 15) is 22.2 Å². The number of alkyl halides is 3. The minimum atomic E-state index is -4.76. The van der Waals surface area contributed by atoms with Crippen LogP contribution in [0.3, 0.4) is 0 Å². The Balaban J connectivity index is 2.32. The van der Waals surface area contributed by atoms with Gasteiger partial charge in [0.05, 0.1) is 27.8 Å². The van der Waals surface area contributed by atoms with Gasteiger partial charge in [0.25, 0.3) is 5.56 Å². The van der Waals surface area contributed by atoms with Crippen LogP contribution in [0.4, 0.5) is 13.2 Å². The fourth-order valence-electron chi connectivity index (χ4n) is 1.58. The van der Waals surface area contributed by atoms with Gasteiger partial charge in [0, 0.05) is 10.9 Å². The molecule has 2 aromatic rings. The summed E-state index contributed by atoms with van der Waals surface area (Å²) in [6, 6.07) is 0.338. The second kappa shape index (κ2) is 6.06. The van der Waals surface area contributed by atoms with Crippen molar-refractivity contribution in [3.63, 3.8) is 0 Å². The van der Waals surface area contributed by atoms with E-state index in [1.165, 1.54) is 11.3 Å². The normalized spacial score (nSPS) is 13.3. The van der Waals surface area contributed by atoms with Gasteiger partial charge in [-0.3, -0.25) is 14.0 Å². The molecule has 0 saturated carbocycles. The highest BCUT2D eigenvalue weighted by Gasteiger charge is 2.34. The Morgan fingerprint density at radius 2 is 2.14 bits per heavy atom. The summed E-state index contributed by atoms with van der Waals surface area (Å²) in [7, 11) is -1.88. The van der Waals surface area contributed by atoms with E-state index >= 15 is 0 Å². The van der Waals surface area contributed by atoms with Gasteiger partial charge in [0.1, 0.15) is 0 Å². The number of rotatable bonds is 4. The van der Waals surface area contributed by atoms with Crippen molar-refractivity contribution in [3.05, 3.63) is 38.2 Å². The molecule has 0 spiro atoms. The topological polar surface area (TPSA) is 75.7 Å². The molecule has 2 rings (SSSR count). The van der Waals surface area contributed by atoms with Crippen LogP contribution in [0.2, 0.25) is 0 Å². The van der Waals surface area contributed by atoms with E-state index in [0.29, 0.717) is 17.4 Å². The fourth-order valence-corrected chi connectivity index (χ4v) is 3.76. The number of hydrogen-bond donors (Lipinski definition) is 1. The smallest absolute Gasteiger partial charge is 0.299 e. The zero-order valence-electron chi connectivity index (χ0n) is 10.7. The molecular weight excluding hydrogens is 327 g/mol. The van der Waals surface area contributed by atoms with E-state index in [2.05, 4.69) is 15.0 Å². The molecule has 0 radical (unpaired) electrons. The molecule has 0 fully saturated rings. The van der Waals surface area contributed by atoms with Gasteiger partial charge in [-0.2, -0.15) is 13.2 Å². The summed E-state index contributed by atoms with van der Waals surface area (Å²) in [6.07, 6.45) is -4.13. The lowest BCUT2D eigenvalue weighted by Crippen LogP contribution is -2.19. The molecule has 2 aromatic heterocycles. The van der Waals surface area contributed by atoms with Crippen LogP contribution in [-0.4, -0.2) is 19.2 Å². The first-order valence-electron chi connectivity index (χ1n) is 5.79. The largest absolute Gasteiger partial charge is 0.433 e. The molecule has 0 aromatic carbocycles. The van der Waals surface area contributed by atoms with Crippen LogP contribution in [-0.2, 0) is 29.1 Å². The molecule has 0 amide bonds. The molecule has 5 nitrogen and oxygen atoms in total. The van der Waals surface area contributed by atoms with Gasteiger partial charge in [0.2, 0.25) is 0 Å². The number of aromatic amines is 1. The summed E-state index contributed by atoms with van der Waals surface area (Å²) in [5.41, 5.74) is -0.0220. The second-order valence-corrected chi connectivity index (χ2v) is 6.30. The summed E-state index contributed by atoms with van der Waals surface area (Å²) in [4.78, 5) is 21.4. The van der Waals surface area contributed by atoms with E-state index < -0.39 is 33.4 Å². The van der Waals surface area contributed by atoms with Crippen molar-refractivity contribution in [1.82, 2.24) is 15.0 Å². The third-order valence-electron chi connectivity index (χ3n) is 2.55. The van der Waals surface area contributed by atoms with Crippen molar-refractivity contribution in [2.75, 3.05) is 0 Å². The van der Waals surface area contributed by atoms with Gasteiger partial charge in [0.15, 0.2) is 10.9 Å². The first kappa shape index (κ1) is 15.8. The van der Waals surface area contributed by atoms with Gasteiger partial charge in [-0.1, -0.05) is 6.92 Å². The maximum absolute atomic E-state index is 12.6. The standard InChI is InChI=1S/C11H10F3N3O2S2/c1-2-6-7(20-5-15-6)4-21(19)10-16-8(11(12,13)14)3-9(18)17-10/h3,5H,2,4H2,1H3,(H,16,17,18). The van der Waals surface area contributed by atoms with Crippen LogP contribution < -0.4 is 5.56 Å². The van der Waals surface area contributed by atoms with E-state index in [0.717, 1.165) is 5.69 Å². The highest BCUT2D eigenvalue weighted by Crippen LogP contribution is 2.27. The number of H-pyrrole nitrogens is 1. The van der Waals surface area contributed by atoms with Crippen molar-refractivity contribution in [3.8, 4) is 0 Å². The van der Waals surface area contributed by atoms with Crippen molar-refractivity contribution in [1.29, 1.82) is 0 Å². The highest BCUT2D eigenvalue weighted by molar-refractivity contribution is 7.84. The molecule has 0 bridgehead atoms. The highest BCUT2D eigenvalue weighted by atomic mass is 32.2. The monoisotopic (exact) mass is 337 g/mol. The van der Waals surface area contributed by atoms with Gasteiger partial charge in [-0.05, 0) is 6.42 Å². The summed E-state index contributed by atoms with van der Waals surface area (Å²) < 4.78 is 49.9.